The minimum absolute atomic E-state index is 0. The van der Waals surface area contributed by atoms with E-state index < -0.39 is 0 Å². The molecule has 5 nitrogen and oxygen atoms in total. The van der Waals surface area contributed by atoms with Crippen LogP contribution < -0.4 is 11.1 Å². The van der Waals surface area contributed by atoms with Crippen LogP contribution in [-0.4, -0.2) is 56.2 Å². The summed E-state index contributed by atoms with van der Waals surface area (Å²) in [7, 11) is 1.72. The van der Waals surface area contributed by atoms with Crippen molar-refractivity contribution < 1.29 is 9.53 Å². The fraction of sp³-hybridized carbons (Fsp3) is 0.917. The van der Waals surface area contributed by atoms with Gasteiger partial charge in [-0.1, -0.05) is 0 Å². The Kier molecular flexibility index (Phi) is 13.1. The summed E-state index contributed by atoms with van der Waals surface area (Å²) in [5.74, 6) is 0.0790. The Morgan fingerprint density at radius 1 is 1.42 bits per heavy atom. The van der Waals surface area contributed by atoms with Crippen LogP contribution in [-0.2, 0) is 9.53 Å². The van der Waals surface area contributed by atoms with Gasteiger partial charge in [0.05, 0.1) is 6.61 Å². The standard InChI is InChI=1S/C12H25N3O2.2ClH/c1-10(13)9-12(16)14-11-3-5-15(6-4-11)7-8-17-2;;/h10-11H,3-9,13H2,1-2H3,(H,14,16);2*1H. The minimum atomic E-state index is -0.0585. The van der Waals surface area contributed by atoms with E-state index in [9.17, 15) is 4.79 Å². The number of amides is 1. The number of ether oxygens (including phenoxy) is 1. The van der Waals surface area contributed by atoms with Gasteiger partial charge in [-0.15, -0.1) is 24.8 Å². The van der Waals surface area contributed by atoms with Gasteiger partial charge in [0, 0.05) is 45.2 Å². The first-order valence-corrected chi connectivity index (χ1v) is 6.38. The molecule has 19 heavy (non-hydrogen) atoms. The lowest BCUT2D eigenvalue weighted by atomic mass is 10.0. The van der Waals surface area contributed by atoms with Crippen LogP contribution in [0.5, 0.6) is 0 Å². The third-order valence-corrected chi connectivity index (χ3v) is 3.07. The minimum Gasteiger partial charge on any atom is -0.383 e. The number of nitrogens with two attached hydrogens (primary N) is 1. The summed E-state index contributed by atoms with van der Waals surface area (Å²) >= 11 is 0. The number of methoxy groups -OCH3 is 1. The van der Waals surface area contributed by atoms with Crippen LogP contribution in [0, 0.1) is 0 Å². The molecule has 116 valence electrons. The Morgan fingerprint density at radius 3 is 2.47 bits per heavy atom. The molecule has 1 amide bonds. The number of carbonyl (C=O) groups excluding carboxylic acids is 1. The summed E-state index contributed by atoms with van der Waals surface area (Å²) in [5, 5.41) is 3.05. The van der Waals surface area contributed by atoms with Gasteiger partial charge >= 0.3 is 0 Å². The van der Waals surface area contributed by atoms with Crippen molar-refractivity contribution in [1.29, 1.82) is 0 Å². The molecule has 1 heterocycles. The number of piperidine rings is 1. The SMILES string of the molecule is COCCN1CCC(NC(=O)CC(C)N)CC1.Cl.Cl. The Bertz CT molecular complexity index is 235. The van der Waals surface area contributed by atoms with Gasteiger partial charge in [-0.2, -0.15) is 0 Å². The molecule has 1 aliphatic heterocycles. The molecule has 0 spiro atoms. The Labute approximate surface area is 128 Å². The van der Waals surface area contributed by atoms with Gasteiger partial charge < -0.3 is 20.7 Å². The molecule has 1 fully saturated rings. The van der Waals surface area contributed by atoms with Crippen LogP contribution in [0.3, 0.4) is 0 Å². The lowest BCUT2D eigenvalue weighted by molar-refractivity contribution is -0.122. The van der Waals surface area contributed by atoms with Gasteiger partial charge in [-0.05, 0) is 19.8 Å². The number of rotatable bonds is 6. The maximum Gasteiger partial charge on any atom is 0.221 e. The number of hydrogen-bond acceptors (Lipinski definition) is 4. The number of likely N-dealkylation sites (tertiary alicyclic amines) is 1. The Morgan fingerprint density at radius 2 is 2.00 bits per heavy atom. The van der Waals surface area contributed by atoms with E-state index in [0.29, 0.717) is 12.5 Å². The van der Waals surface area contributed by atoms with E-state index in [0.717, 1.165) is 39.1 Å². The highest BCUT2D eigenvalue weighted by Crippen LogP contribution is 2.10. The quantitative estimate of drug-likeness (QED) is 0.760. The highest BCUT2D eigenvalue weighted by Gasteiger charge is 2.20. The number of hydrogen-bond donors (Lipinski definition) is 2. The van der Waals surface area contributed by atoms with Crippen LogP contribution in [0.15, 0.2) is 0 Å². The van der Waals surface area contributed by atoms with Gasteiger partial charge in [0.25, 0.3) is 0 Å². The van der Waals surface area contributed by atoms with Gasteiger partial charge in [0.1, 0.15) is 0 Å². The van der Waals surface area contributed by atoms with Gasteiger partial charge in [-0.3, -0.25) is 4.79 Å². The van der Waals surface area contributed by atoms with E-state index in [1.807, 2.05) is 6.92 Å². The molecule has 7 heteroatoms. The van der Waals surface area contributed by atoms with Crippen molar-refractivity contribution in [2.45, 2.75) is 38.3 Å². The van der Waals surface area contributed by atoms with Crippen LogP contribution in [0.1, 0.15) is 26.2 Å². The van der Waals surface area contributed by atoms with Crippen molar-refractivity contribution in [2.24, 2.45) is 5.73 Å². The first kappa shape index (κ1) is 21.2. The van der Waals surface area contributed by atoms with Crippen LogP contribution in [0.4, 0.5) is 0 Å². The Balaban J connectivity index is 0. The van der Waals surface area contributed by atoms with Gasteiger partial charge in [-0.25, -0.2) is 0 Å². The van der Waals surface area contributed by atoms with Gasteiger partial charge in [0.2, 0.25) is 5.91 Å². The highest BCUT2D eigenvalue weighted by molar-refractivity contribution is 5.85. The molecule has 0 saturated carbocycles. The Hall–Kier alpha value is -0.0700. The van der Waals surface area contributed by atoms with Crippen molar-refractivity contribution in [3.05, 3.63) is 0 Å². The number of nitrogens with zero attached hydrogens (tertiary/aromatic N) is 1. The summed E-state index contributed by atoms with van der Waals surface area (Å²) in [5.41, 5.74) is 5.59. The first-order chi connectivity index (χ1) is 8.11. The van der Waals surface area contributed by atoms with Gasteiger partial charge in [0.15, 0.2) is 0 Å². The average molecular weight is 316 g/mol. The topological polar surface area (TPSA) is 67.6 Å². The fourth-order valence-corrected chi connectivity index (χ4v) is 2.10. The van der Waals surface area contributed by atoms with E-state index in [4.69, 9.17) is 10.5 Å². The maximum absolute atomic E-state index is 11.6. The van der Waals surface area contributed by atoms with E-state index >= 15 is 0 Å². The van der Waals surface area contributed by atoms with E-state index in [-0.39, 0.29) is 36.8 Å². The lowest BCUT2D eigenvalue weighted by Crippen LogP contribution is -2.46. The maximum atomic E-state index is 11.6. The summed E-state index contributed by atoms with van der Waals surface area (Å²) in [6, 6.07) is 0.261. The van der Waals surface area contributed by atoms with Crippen LogP contribution in [0.25, 0.3) is 0 Å². The number of carbonyl (C=O) groups is 1. The molecular formula is C12H27Cl2N3O2. The normalized spacial score (nSPS) is 18.1. The second-order valence-electron chi connectivity index (χ2n) is 4.86. The molecule has 1 aliphatic rings. The zero-order valence-corrected chi connectivity index (χ0v) is 13.4. The number of halogens is 2. The molecule has 0 aromatic rings. The largest absolute Gasteiger partial charge is 0.383 e. The molecule has 1 atom stereocenters. The summed E-state index contributed by atoms with van der Waals surface area (Å²) in [6.45, 7) is 5.69. The molecule has 1 saturated heterocycles. The van der Waals surface area contributed by atoms with Crippen molar-refractivity contribution >= 4 is 30.7 Å². The monoisotopic (exact) mass is 315 g/mol. The smallest absolute Gasteiger partial charge is 0.221 e. The second-order valence-corrected chi connectivity index (χ2v) is 4.86. The highest BCUT2D eigenvalue weighted by atomic mass is 35.5. The second kappa shape index (κ2) is 11.7. The third-order valence-electron chi connectivity index (χ3n) is 3.07. The van der Waals surface area contributed by atoms with Crippen molar-refractivity contribution in [2.75, 3.05) is 33.4 Å². The predicted molar refractivity (Wildman–Crippen MR) is 82.2 cm³/mol. The summed E-state index contributed by atoms with van der Waals surface area (Å²) in [4.78, 5) is 13.9. The third kappa shape index (κ3) is 9.46. The van der Waals surface area contributed by atoms with Crippen LogP contribution >= 0.6 is 24.8 Å². The number of nitrogens with one attached hydrogen (secondary N) is 1. The zero-order valence-electron chi connectivity index (χ0n) is 11.8. The molecule has 1 rings (SSSR count). The van der Waals surface area contributed by atoms with Crippen molar-refractivity contribution in [3.8, 4) is 0 Å². The first-order valence-electron chi connectivity index (χ1n) is 6.38. The van der Waals surface area contributed by atoms with Crippen molar-refractivity contribution in [3.63, 3.8) is 0 Å². The predicted octanol–water partition coefficient (Wildman–Crippen LogP) is 0.794. The molecule has 0 radical (unpaired) electrons. The molecule has 0 aromatic heterocycles. The zero-order chi connectivity index (χ0) is 12.7. The lowest BCUT2D eigenvalue weighted by Gasteiger charge is -2.32. The van der Waals surface area contributed by atoms with E-state index in [2.05, 4.69) is 10.2 Å². The molecule has 0 aliphatic carbocycles. The van der Waals surface area contributed by atoms with E-state index in [1.54, 1.807) is 7.11 Å². The molecule has 0 bridgehead atoms. The summed E-state index contributed by atoms with van der Waals surface area (Å²) < 4.78 is 5.05. The van der Waals surface area contributed by atoms with E-state index in [1.165, 1.54) is 0 Å². The molecular weight excluding hydrogens is 289 g/mol. The fourth-order valence-electron chi connectivity index (χ4n) is 2.10. The molecule has 1 unspecified atom stereocenters. The van der Waals surface area contributed by atoms with Crippen LogP contribution in [0.2, 0.25) is 0 Å². The molecule has 0 aromatic carbocycles. The van der Waals surface area contributed by atoms with Crippen molar-refractivity contribution in [1.82, 2.24) is 10.2 Å². The summed E-state index contributed by atoms with van der Waals surface area (Å²) in [6.07, 6.45) is 2.46. The average Bonchev–Trinajstić information content (AvgIpc) is 2.27. The molecule has 3 N–H and O–H groups in total.